The molecular formula is C25H34F2O3. The average Bonchev–Trinajstić information content (AvgIpc) is 3.15. The number of hydrogen-bond donors (Lipinski definition) is 0. The fraction of sp³-hybridized carbons (Fsp3) is 0.560. The van der Waals surface area contributed by atoms with Crippen LogP contribution in [-0.2, 0) is 9.53 Å². The van der Waals surface area contributed by atoms with Gasteiger partial charge < -0.3 is 9.47 Å². The van der Waals surface area contributed by atoms with Crippen LogP contribution in [0.3, 0.4) is 0 Å². The SMILES string of the molecule is CC(C)OC(=O)CCC/C=C\C[C@H]1CCCC1/C=C/C(F)(F)COc1ccccc1. The second kappa shape index (κ2) is 12.5. The lowest BCUT2D eigenvalue weighted by Crippen LogP contribution is -2.23. The van der Waals surface area contributed by atoms with Crippen LogP contribution in [0.5, 0.6) is 5.75 Å². The second-order valence-electron chi connectivity index (χ2n) is 8.21. The van der Waals surface area contributed by atoms with Gasteiger partial charge >= 0.3 is 5.97 Å². The highest BCUT2D eigenvalue weighted by Crippen LogP contribution is 2.36. The summed E-state index contributed by atoms with van der Waals surface area (Å²) >= 11 is 0. The molecule has 2 atom stereocenters. The molecule has 1 aliphatic rings. The van der Waals surface area contributed by atoms with E-state index < -0.39 is 12.5 Å². The van der Waals surface area contributed by atoms with Gasteiger partial charge in [-0.15, -0.1) is 0 Å². The van der Waals surface area contributed by atoms with Crippen molar-refractivity contribution in [3.63, 3.8) is 0 Å². The van der Waals surface area contributed by atoms with E-state index in [1.54, 1.807) is 30.3 Å². The van der Waals surface area contributed by atoms with Crippen molar-refractivity contribution < 1.29 is 23.0 Å². The molecule has 1 aliphatic carbocycles. The van der Waals surface area contributed by atoms with Crippen molar-refractivity contribution in [1.29, 1.82) is 0 Å². The molecule has 0 N–H and O–H groups in total. The van der Waals surface area contributed by atoms with E-state index in [9.17, 15) is 13.6 Å². The molecule has 1 aromatic carbocycles. The summed E-state index contributed by atoms with van der Waals surface area (Å²) in [5.41, 5.74) is 0. The first-order chi connectivity index (χ1) is 14.4. The van der Waals surface area contributed by atoms with Crippen LogP contribution in [-0.4, -0.2) is 24.6 Å². The highest BCUT2D eigenvalue weighted by Gasteiger charge is 2.29. The van der Waals surface area contributed by atoms with Crippen LogP contribution < -0.4 is 4.74 Å². The average molecular weight is 421 g/mol. The van der Waals surface area contributed by atoms with Gasteiger partial charge in [0.15, 0.2) is 6.61 Å². The van der Waals surface area contributed by atoms with Gasteiger partial charge in [-0.1, -0.05) is 42.8 Å². The molecule has 0 heterocycles. The normalized spacial score (nSPS) is 19.8. The van der Waals surface area contributed by atoms with E-state index in [1.165, 1.54) is 0 Å². The molecule has 2 rings (SSSR count). The monoisotopic (exact) mass is 420 g/mol. The molecule has 0 bridgehead atoms. The Bertz CT molecular complexity index is 683. The molecule has 0 spiro atoms. The maximum absolute atomic E-state index is 14.2. The number of unbranched alkanes of at least 4 members (excludes halogenated alkanes) is 1. The van der Waals surface area contributed by atoms with E-state index in [-0.39, 0.29) is 18.0 Å². The van der Waals surface area contributed by atoms with Gasteiger partial charge in [-0.05, 0) is 76.0 Å². The first-order valence-electron chi connectivity index (χ1n) is 11.0. The Kier molecular flexibility index (Phi) is 10.0. The summed E-state index contributed by atoms with van der Waals surface area (Å²) < 4.78 is 38.6. The zero-order valence-electron chi connectivity index (χ0n) is 18.1. The number of halogens is 2. The van der Waals surface area contributed by atoms with Gasteiger partial charge in [0.25, 0.3) is 5.92 Å². The highest BCUT2D eigenvalue weighted by atomic mass is 19.3. The number of rotatable bonds is 12. The number of carbonyl (C=O) groups is 1. The third kappa shape index (κ3) is 9.55. The van der Waals surface area contributed by atoms with Crippen LogP contribution in [0.4, 0.5) is 8.78 Å². The minimum Gasteiger partial charge on any atom is -0.487 e. The van der Waals surface area contributed by atoms with E-state index in [1.807, 2.05) is 19.9 Å². The number of hydrogen-bond acceptors (Lipinski definition) is 3. The first kappa shape index (κ1) is 24.1. The Labute approximate surface area is 179 Å². The Morgan fingerprint density at radius 2 is 1.97 bits per heavy atom. The van der Waals surface area contributed by atoms with E-state index in [0.717, 1.165) is 44.6 Å². The molecule has 166 valence electrons. The molecule has 0 saturated heterocycles. The molecule has 3 nitrogen and oxygen atoms in total. The lowest BCUT2D eigenvalue weighted by atomic mass is 9.92. The lowest BCUT2D eigenvalue weighted by molar-refractivity contribution is -0.147. The third-order valence-electron chi connectivity index (χ3n) is 5.20. The molecule has 30 heavy (non-hydrogen) atoms. The highest BCUT2D eigenvalue weighted by molar-refractivity contribution is 5.69. The number of esters is 1. The molecular weight excluding hydrogens is 386 g/mol. The van der Waals surface area contributed by atoms with E-state index in [0.29, 0.717) is 18.1 Å². The minimum absolute atomic E-state index is 0.0716. The quantitative estimate of drug-likeness (QED) is 0.213. The van der Waals surface area contributed by atoms with Crippen molar-refractivity contribution >= 4 is 5.97 Å². The van der Waals surface area contributed by atoms with Crippen molar-refractivity contribution in [3.8, 4) is 5.75 Å². The molecule has 1 saturated carbocycles. The predicted molar refractivity (Wildman–Crippen MR) is 116 cm³/mol. The zero-order chi connectivity index (χ0) is 21.8. The van der Waals surface area contributed by atoms with Crippen molar-refractivity contribution in [3.05, 3.63) is 54.6 Å². The smallest absolute Gasteiger partial charge is 0.306 e. The van der Waals surface area contributed by atoms with E-state index in [4.69, 9.17) is 9.47 Å². The Morgan fingerprint density at radius 1 is 1.20 bits per heavy atom. The van der Waals surface area contributed by atoms with Gasteiger partial charge in [-0.3, -0.25) is 4.79 Å². The summed E-state index contributed by atoms with van der Waals surface area (Å²) in [6.45, 7) is 3.04. The summed E-state index contributed by atoms with van der Waals surface area (Å²) in [5, 5.41) is 0. The van der Waals surface area contributed by atoms with Gasteiger partial charge in [0.2, 0.25) is 0 Å². The Hall–Kier alpha value is -2.17. The maximum Gasteiger partial charge on any atom is 0.306 e. The number of allylic oxidation sites excluding steroid dienone is 3. The molecule has 0 amide bonds. The number of carbonyl (C=O) groups excluding carboxylic acids is 1. The van der Waals surface area contributed by atoms with Crippen LogP contribution >= 0.6 is 0 Å². The van der Waals surface area contributed by atoms with Crippen molar-refractivity contribution in [2.45, 2.75) is 70.8 Å². The van der Waals surface area contributed by atoms with Crippen LogP contribution in [0.15, 0.2) is 54.6 Å². The Morgan fingerprint density at radius 3 is 2.70 bits per heavy atom. The lowest BCUT2D eigenvalue weighted by Gasteiger charge is -2.17. The van der Waals surface area contributed by atoms with Gasteiger partial charge in [0.1, 0.15) is 5.75 Å². The molecule has 1 unspecified atom stereocenters. The summed E-state index contributed by atoms with van der Waals surface area (Å²) in [5.74, 6) is -2.11. The molecule has 0 aromatic heterocycles. The summed E-state index contributed by atoms with van der Waals surface area (Å²) in [7, 11) is 0. The first-order valence-corrected chi connectivity index (χ1v) is 11.0. The molecule has 0 radical (unpaired) electrons. The molecule has 1 aromatic rings. The fourth-order valence-corrected chi connectivity index (χ4v) is 3.70. The van der Waals surface area contributed by atoms with Crippen molar-refractivity contribution in [2.24, 2.45) is 11.8 Å². The van der Waals surface area contributed by atoms with Crippen LogP contribution in [0.25, 0.3) is 0 Å². The van der Waals surface area contributed by atoms with Crippen molar-refractivity contribution in [1.82, 2.24) is 0 Å². The van der Waals surface area contributed by atoms with Gasteiger partial charge in [-0.2, -0.15) is 8.78 Å². The van der Waals surface area contributed by atoms with Crippen LogP contribution in [0, 0.1) is 11.8 Å². The van der Waals surface area contributed by atoms with Gasteiger partial charge in [0.05, 0.1) is 6.10 Å². The summed E-state index contributed by atoms with van der Waals surface area (Å²) in [6, 6.07) is 8.69. The molecule has 1 fully saturated rings. The minimum atomic E-state index is -2.98. The Balaban J connectivity index is 1.70. The third-order valence-corrected chi connectivity index (χ3v) is 5.20. The standard InChI is InChI=1S/C25H34F2O3/c1-20(2)30-24(28)16-9-4-3-6-11-21-12-10-13-22(21)17-18-25(26,27)19-29-23-14-7-5-8-15-23/h3,5-8,14-15,17-18,20-22H,4,9-13,16,19H2,1-2H3/b6-3-,18-17+/t21-,22?/m0/s1. The molecule has 5 heteroatoms. The predicted octanol–water partition coefficient (Wildman–Crippen LogP) is 6.74. The van der Waals surface area contributed by atoms with E-state index >= 15 is 0 Å². The topological polar surface area (TPSA) is 35.5 Å². The number of alkyl halides is 2. The van der Waals surface area contributed by atoms with E-state index in [2.05, 4.69) is 12.2 Å². The number of benzene rings is 1. The summed E-state index contributed by atoms with van der Waals surface area (Å²) in [6.07, 6.45) is 12.8. The number of ether oxygens (including phenoxy) is 2. The zero-order valence-corrected chi connectivity index (χ0v) is 18.1. The van der Waals surface area contributed by atoms with Gasteiger partial charge in [0, 0.05) is 6.42 Å². The van der Waals surface area contributed by atoms with Crippen molar-refractivity contribution in [2.75, 3.05) is 6.61 Å². The number of para-hydroxylation sites is 1. The largest absolute Gasteiger partial charge is 0.487 e. The fourth-order valence-electron chi connectivity index (χ4n) is 3.70. The second-order valence-corrected chi connectivity index (χ2v) is 8.21. The summed E-state index contributed by atoms with van der Waals surface area (Å²) in [4.78, 5) is 11.5. The maximum atomic E-state index is 14.2. The van der Waals surface area contributed by atoms with Crippen LogP contribution in [0.2, 0.25) is 0 Å². The van der Waals surface area contributed by atoms with Crippen LogP contribution in [0.1, 0.15) is 58.8 Å². The molecule has 0 aliphatic heterocycles. The van der Waals surface area contributed by atoms with Gasteiger partial charge in [-0.25, -0.2) is 0 Å².